The number of nitrogens with one attached hydrogen (secondary N) is 3. The second-order valence-electron chi connectivity index (χ2n) is 20.2. The van der Waals surface area contributed by atoms with Crippen molar-refractivity contribution < 1.29 is 38.1 Å². The number of carbonyl (C=O) groups is 4. The normalized spacial score (nSPS) is 27.8. The zero-order chi connectivity index (χ0) is 47.2. The van der Waals surface area contributed by atoms with Crippen molar-refractivity contribution in [1.82, 2.24) is 35.3 Å². The summed E-state index contributed by atoms with van der Waals surface area (Å²) in [5.41, 5.74) is -0.524. The van der Waals surface area contributed by atoms with Gasteiger partial charge in [0.25, 0.3) is 0 Å². The van der Waals surface area contributed by atoms with E-state index in [0.29, 0.717) is 69.6 Å². The Morgan fingerprint density at radius 2 is 1.76 bits per heavy atom. The number of fused-ring (bicyclic) bond motifs is 2. The Morgan fingerprint density at radius 1 is 1.03 bits per heavy atom. The summed E-state index contributed by atoms with van der Waals surface area (Å²) in [7, 11) is 3.40. The minimum absolute atomic E-state index is 0.0141. The van der Waals surface area contributed by atoms with Gasteiger partial charge in [-0.3, -0.25) is 14.5 Å². The van der Waals surface area contributed by atoms with E-state index < -0.39 is 53.0 Å². The molecule has 3 aromatic rings. The lowest BCUT2D eigenvalue weighted by atomic mass is 9.85. The lowest BCUT2D eigenvalue weighted by Crippen LogP contribution is -2.59. The molecule has 2 aliphatic heterocycles. The van der Waals surface area contributed by atoms with Crippen LogP contribution in [0.1, 0.15) is 67.2 Å². The van der Waals surface area contributed by atoms with Crippen LogP contribution in [-0.4, -0.2) is 144 Å². The van der Waals surface area contributed by atoms with E-state index in [9.17, 15) is 19.2 Å². The molecule has 5 fully saturated rings. The summed E-state index contributed by atoms with van der Waals surface area (Å²) in [6, 6.07) is 3.48. The van der Waals surface area contributed by atoms with E-state index in [2.05, 4.69) is 46.3 Å². The van der Waals surface area contributed by atoms with Gasteiger partial charge >= 0.3 is 12.1 Å². The molecule has 0 bridgehead atoms. The van der Waals surface area contributed by atoms with Crippen molar-refractivity contribution >= 4 is 62.8 Å². The average molecular weight is 950 g/mol. The molecule has 8 rings (SSSR count). The highest BCUT2D eigenvalue weighted by molar-refractivity contribution is 7.14. The van der Waals surface area contributed by atoms with Crippen LogP contribution in [0.25, 0.3) is 22.3 Å². The highest BCUT2D eigenvalue weighted by Gasteiger charge is 2.62. The predicted molar refractivity (Wildman–Crippen MR) is 254 cm³/mol. The average Bonchev–Trinajstić information content (AvgIpc) is 3.75. The zero-order valence-electron chi connectivity index (χ0n) is 39.4. The Labute approximate surface area is 396 Å². The Kier molecular flexibility index (Phi) is 13.8. The van der Waals surface area contributed by atoms with E-state index in [0.717, 1.165) is 50.7 Å². The zero-order valence-corrected chi connectivity index (χ0v) is 40.9. The number of benzene rings is 1. The van der Waals surface area contributed by atoms with Crippen LogP contribution in [-0.2, 0) is 23.9 Å². The van der Waals surface area contributed by atoms with Crippen LogP contribution in [0.15, 0.2) is 36.2 Å². The number of ether oxygens (including phenoxy) is 4. The lowest BCUT2D eigenvalue weighted by molar-refractivity contribution is -0.148. The Bertz CT molecular complexity index is 2320. The number of rotatable bonds is 16. The third-order valence-corrected chi connectivity index (χ3v) is 15.2. The molecule has 66 heavy (non-hydrogen) atoms. The second-order valence-corrected chi connectivity index (χ2v) is 21.5. The molecule has 0 radical (unpaired) electrons. The maximum atomic E-state index is 14.9. The number of anilines is 1. The first kappa shape index (κ1) is 47.8. The molecule has 3 aliphatic carbocycles. The quantitative estimate of drug-likeness (QED) is 0.109. The molecule has 2 saturated heterocycles. The Hall–Kier alpha value is -4.71. The second kappa shape index (κ2) is 19.1. The minimum atomic E-state index is -1.31. The van der Waals surface area contributed by atoms with E-state index in [1.165, 1.54) is 23.3 Å². The fraction of sp³-hybridized carbons (Fsp3) is 0.625. The van der Waals surface area contributed by atoms with Crippen molar-refractivity contribution in [2.75, 3.05) is 65.3 Å². The number of piperazine rings is 1. The van der Waals surface area contributed by atoms with E-state index in [1.807, 2.05) is 52.1 Å². The number of methoxy groups -OCH3 is 1. The van der Waals surface area contributed by atoms with Gasteiger partial charge < -0.3 is 44.7 Å². The van der Waals surface area contributed by atoms with Crippen molar-refractivity contribution in [2.24, 2.45) is 29.1 Å². The van der Waals surface area contributed by atoms with Gasteiger partial charge in [-0.05, 0) is 75.5 Å². The molecule has 16 nitrogen and oxygen atoms in total. The van der Waals surface area contributed by atoms with Crippen LogP contribution < -0.4 is 25.4 Å². The summed E-state index contributed by atoms with van der Waals surface area (Å²) in [5.74, 6) is 0.732. The number of carbonyl (C=O) groups excluding carboxylic acids is 4. The molecular formula is C48H65ClN8O8S. The predicted octanol–water partition coefficient (Wildman–Crippen LogP) is 6.23. The first-order chi connectivity index (χ1) is 31.4. The summed E-state index contributed by atoms with van der Waals surface area (Å²) in [6.45, 7) is 20.8. The first-order valence-electron chi connectivity index (χ1n) is 23.3. The number of amides is 3. The van der Waals surface area contributed by atoms with E-state index >= 15 is 0 Å². The van der Waals surface area contributed by atoms with Crippen LogP contribution >= 0.6 is 22.9 Å². The molecule has 0 spiro atoms. The minimum Gasteiger partial charge on any atom is -0.491 e. The number of nitrogens with zero attached hydrogens (tertiary/aromatic N) is 5. The molecule has 358 valence electrons. The van der Waals surface area contributed by atoms with Crippen molar-refractivity contribution in [3.8, 4) is 22.9 Å². The summed E-state index contributed by atoms with van der Waals surface area (Å²) in [5, 5.41) is 12.7. The number of alkyl carbamates (subject to hydrolysis) is 1. The van der Waals surface area contributed by atoms with Crippen molar-refractivity contribution in [1.29, 1.82) is 0 Å². The van der Waals surface area contributed by atoms with Crippen molar-refractivity contribution in [3.63, 3.8) is 0 Å². The monoisotopic (exact) mass is 948 g/mol. The van der Waals surface area contributed by atoms with Gasteiger partial charge in [0.05, 0.1) is 24.9 Å². The van der Waals surface area contributed by atoms with Crippen molar-refractivity contribution in [2.45, 2.75) is 103 Å². The highest BCUT2D eigenvalue weighted by atomic mass is 35.5. The van der Waals surface area contributed by atoms with Crippen LogP contribution in [0, 0.1) is 29.1 Å². The maximum absolute atomic E-state index is 14.9. The molecule has 1 aromatic carbocycles. The molecule has 18 heteroatoms. The van der Waals surface area contributed by atoms with Gasteiger partial charge in [0.15, 0.2) is 5.13 Å². The summed E-state index contributed by atoms with van der Waals surface area (Å²) in [6.07, 6.45) is 2.02. The molecule has 3 N–H and O–H groups in total. The number of likely N-dealkylation sites (N-methyl/N-ethyl adjacent to an activating group) is 1. The molecule has 7 unspecified atom stereocenters. The van der Waals surface area contributed by atoms with Gasteiger partial charge in [-0.25, -0.2) is 19.6 Å². The number of esters is 1. The van der Waals surface area contributed by atoms with Gasteiger partial charge in [-0.15, -0.1) is 17.9 Å². The number of hydrogen-bond acceptors (Lipinski definition) is 14. The Morgan fingerprint density at radius 3 is 2.41 bits per heavy atom. The van der Waals surface area contributed by atoms with Gasteiger partial charge in [0.2, 0.25) is 11.8 Å². The highest BCUT2D eigenvalue weighted by Crippen LogP contribution is 2.57. The molecule has 7 atom stereocenters. The molecular weight excluding hydrogens is 884 g/mol. The topological polar surface area (TPSA) is 177 Å². The lowest BCUT2D eigenvalue weighted by Gasteiger charge is -2.35. The van der Waals surface area contributed by atoms with Crippen LogP contribution in [0.4, 0.5) is 9.93 Å². The van der Waals surface area contributed by atoms with E-state index in [4.69, 9.17) is 40.5 Å². The number of thiazole rings is 1. The third kappa shape index (κ3) is 10.1. The smallest absolute Gasteiger partial charge is 0.408 e. The summed E-state index contributed by atoms with van der Waals surface area (Å²) in [4.78, 5) is 72.0. The summed E-state index contributed by atoms with van der Waals surface area (Å²) >= 11 is 8.62. The van der Waals surface area contributed by atoms with Crippen LogP contribution in [0.3, 0.4) is 0 Å². The number of aromatic nitrogens is 2. The third-order valence-electron chi connectivity index (χ3n) is 14.1. The number of halogens is 1. The van der Waals surface area contributed by atoms with Gasteiger partial charge in [-0.2, -0.15) is 0 Å². The standard InChI is InChI=1S/C48H65ClN8O8S/c1-10-28-23-48(28,44(60)62-9)54-42(58)36-21-30(24-57(36)43(59)41(47(5,6)7)53-46(61)65-29-19-32-27(4)33(32)20-29)64-38-22-34(35-25-66-45(52-35)50-26(2)3)51-40-31(38)11-12-37(39(40)49)63-18-17-56-15-13-55(8)14-16-56/h10-12,22,25-30,32-33,36,41H,1,13-21,23-24H2,2-9H3,(H,50,52)(H,53,61)(H,54,58). The summed E-state index contributed by atoms with van der Waals surface area (Å²) < 4.78 is 24.1. The van der Waals surface area contributed by atoms with Crippen LogP contribution in [0.2, 0.25) is 5.02 Å². The van der Waals surface area contributed by atoms with Gasteiger partial charge in [0, 0.05) is 67.9 Å². The van der Waals surface area contributed by atoms with E-state index in [-0.39, 0.29) is 31.0 Å². The molecule has 2 aromatic heterocycles. The largest absolute Gasteiger partial charge is 0.491 e. The first-order valence-corrected chi connectivity index (χ1v) is 24.5. The molecule has 3 saturated carbocycles. The maximum Gasteiger partial charge on any atom is 0.408 e. The van der Waals surface area contributed by atoms with Crippen LogP contribution in [0.5, 0.6) is 11.5 Å². The number of pyridine rings is 1. The van der Waals surface area contributed by atoms with Gasteiger partial charge in [0.1, 0.15) is 58.7 Å². The SMILES string of the molecule is C=CC1CC1(NC(=O)C1CC(Oc2cc(-c3csc(NC(C)C)n3)nc3c(Cl)c(OCCN4CCN(C)CC4)ccc23)CN1C(=O)C(NC(=O)OC1CC2C(C)C2C1)C(C)(C)C)C(=O)OC. The number of likely N-dealkylation sites (tertiary alicyclic amines) is 1. The molecule has 3 amide bonds. The van der Waals surface area contributed by atoms with Crippen molar-refractivity contribution in [3.05, 3.63) is 41.3 Å². The fourth-order valence-corrected chi connectivity index (χ4v) is 11.1. The molecule has 4 heterocycles. The molecule has 5 aliphatic rings. The van der Waals surface area contributed by atoms with Gasteiger partial charge in [-0.1, -0.05) is 45.4 Å². The Balaban J connectivity index is 1.09. The number of hydrogen-bond donors (Lipinski definition) is 3. The fourth-order valence-electron chi connectivity index (χ4n) is 9.98. The van der Waals surface area contributed by atoms with E-state index in [1.54, 1.807) is 12.1 Å².